The zero-order valence-electron chi connectivity index (χ0n) is 32.1. The SMILES string of the molecule is C=C/C=C\C1=C(C)C(c2ccccc2)(c2ccccc2)c2cc(N(c3ccc(-c4ccccc4)cc3)c3cccc(-c4ccccc4)c3)c(-c3ccccc3)cc21. The maximum atomic E-state index is 4.06. The van der Waals surface area contributed by atoms with Crippen molar-refractivity contribution in [1.82, 2.24) is 0 Å². The van der Waals surface area contributed by atoms with E-state index in [0.29, 0.717) is 0 Å². The van der Waals surface area contributed by atoms with Crippen molar-refractivity contribution in [2.45, 2.75) is 12.3 Å². The number of rotatable bonds is 10. The van der Waals surface area contributed by atoms with Crippen molar-refractivity contribution in [3.63, 3.8) is 0 Å². The highest BCUT2D eigenvalue weighted by Crippen LogP contribution is 2.57. The van der Waals surface area contributed by atoms with Crippen LogP contribution in [0.15, 0.2) is 243 Å². The molecule has 0 fully saturated rings. The van der Waals surface area contributed by atoms with Crippen LogP contribution < -0.4 is 4.90 Å². The number of hydrogen-bond acceptors (Lipinski definition) is 1. The second kappa shape index (κ2) is 15.5. The molecule has 0 amide bonds. The third kappa shape index (κ3) is 6.44. The number of hydrogen-bond donors (Lipinski definition) is 0. The van der Waals surface area contributed by atoms with Crippen molar-refractivity contribution >= 4 is 22.6 Å². The van der Waals surface area contributed by atoms with Crippen molar-refractivity contribution in [2.24, 2.45) is 0 Å². The first kappa shape index (κ1) is 35.5. The van der Waals surface area contributed by atoms with E-state index in [9.17, 15) is 0 Å². The molecule has 0 unspecified atom stereocenters. The fourth-order valence-electron chi connectivity index (χ4n) is 8.74. The van der Waals surface area contributed by atoms with Gasteiger partial charge in [0.25, 0.3) is 0 Å². The molecule has 272 valence electrons. The van der Waals surface area contributed by atoms with Gasteiger partial charge in [0.05, 0.1) is 11.1 Å². The highest BCUT2D eigenvalue weighted by Gasteiger charge is 2.46. The summed E-state index contributed by atoms with van der Waals surface area (Å²) < 4.78 is 0. The molecule has 1 heteroatoms. The highest BCUT2D eigenvalue weighted by molar-refractivity contribution is 5.97. The quantitative estimate of drug-likeness (QED) is 0.127. The van der Waals surface area contributed by atoms with E-state index < -0.39 is 5.41 Å². The van der Waals surface area contributed by atoms with Crippen molar-refractivity contribution < 1.29 is 0 Å². The lowest BCUT2D eigenvalue weighted by Crippen LogP contribution is -2.29. The molecule has 0 saturated carbocycles. The predicted molar refractivity (Wildman–Crippen MR) is 242 cm³/mol. The highest BCUT2D eigenvalue weighted by atomic mass is 15.1. The van der Waals surface area contributed by atoms with Gasteiger partial charge in [-0.15, -0.1) is 0 Å². The Hall–Kier alpha value is -7.22. The fraction of sp³-hybridized carbons (Fsp3) is 0.0357. The molecule has 0 saturated heterocycles. The molecule has 0 N–H and O–H groups in total. The van der Waals surface area contributed by atoms with Gasteiger partial charge in [-0.05, 0) is 105 Å². The summed E-state index contributed by atoms with van der Waals surface area (Å²) in [7, 11) is 0. The molecule has 9 rings (SSSR count). The lowest BCUT2D eigenvalue weighted by atomic mass is 9.67. The Kier molecular flexibility index (Phi) is 9.64. The molecule has 0 spiro atoms. The molecule has 8 aromatic carbocycles. The topological polar surface area (TPSA) is 3.24 Å². The van der Waals surface area contributed by atoms with Gasteiger partial charge in [-0.2, -0.15) is 0 Å². The van der Waals surface area contributed by atoms with E-state index in [1.54, 1.807) is 0 Å². The van der Waals surface area contributed by atoms with Crippen LogP contribution in [-0.4, -0.2) is 0 Å². The first-order valence-corrected chi connectivity index (χ1v) is 19.6. The van der Waals surface area contributed by atoms with Crippen molar-refractivity contribution in [3.8, 4) is 33.4 Å². The lowest BCUT2D eigenvalue weighted by molar-refractivity contribution is 0.743. The van der Waals surface area contributed by atoms with Crippen LogP contribution in [0.5, 0.6) is 0 Å². The maximum absolute atomic E-state index is 4.06. The van der Waals surface area contributed by atoms with Gasteiger partial charge in [-0.25, -0.2) is 0 Å². The molecule has 1 nitrogen and oxygen atoms in total. The minimum Gasteiger partial charge on any atom is -0.310 e. The van der Waals surface area contributed by atoms with Gasteiger partial charge in [-0.1, -0.05) is 201 Å². The Labute approximate surface area is 336 Å². The summed E-state index contributed by atoms with van der Waals surface area (Å²) in [5.41, 5.74) is 17.2. The first-order valence-electron chi connectivity index (χ1n) is 19.6. The van der Waals surface area contributed by atoms with Crippen LogP contribution in [0.1, 0.15) is 29.2 Å². The minimum absolute atomic E-state index is 0.544. The summed E-state index contributed by atoms with van der Waals surface area (Å²) in [6.45, 7) is 6.38. The van der Waals surface area contributed by atoms with Crippen molar-refractivity contribution in [2.75, 3.05) is 4.90 Å². The number of benzene rings is 8. The first-order chi connectivity index (χ1) is 28.2. The van der Waals surface area contributed by atoms with Gasteiger partial charge >= 0.3 is 0 Å². The number of anilines is 3. The third-order valence-corrected chi connectivity index (χ3v) is 11.4. The zero-order chi connectivity index (χ0) is 38.6. The van der Waals surface area contributed by atoms with E-state index in [2.05, 4.69) is 243 Å². The normalized spacial score (nSPS) is 13.1. The molecule has 0 heterocycles. The molecule has 0 aromatic heterocycles. The van der Waals surface area contributed by atoms with E-state index in [0.717, 1.165) is 28.2 Å². The fourth-order valence-corrected chi connectivity index (χ4v) is 8.74. The van der Waals surface area contributed by atoms with E-state index in [-0.39, 0.29) is 0 Å². The van der Waals surface area contributed by atoms with Crippen molar-refractivity contribution in [1.29, 1.82) is 0 Å². The Morgan fingerprint density at radius 3 is 1.49 bits per heavy atom. The van der Waals surface area contributed by atoms with E-state index >= 15 is 0 Å². The Morgan fingerprint density at radius 2 is 0.930 bits per heavy atom. The summed E-state index contributed by atoms with van der Waals surface area (Å²) in [5.74, 6) is 0. The summed E-state index contributed by atoms with van der Waals surface area (Å²) in [4.78, 5) is 2.46. The molecule has 0 bridgehead atoms. The standard InChI is InChI=1S/C56H43N/c1-3-4-33-51-41(2)56(47-28-16-8-17-29-47,48-30-18-9-19-31-48)54-40-55(52(39-53(51)54)45-25-14-7-15-26-45)57(49-36-34-44(35-37-49)42-21-10-5-11-22-42)50-32-20-27-46(38-50)43-23-12-6-13-24-43/h3-40H,1H2,2H3/b33-4-. The third-order valence-electron chi connectivity index (χ3n) is 11.4. The van der Waals surface area contributed by atoms with Gasteiger partial charge in [-0.3, -0.25) is 0 Å². The minimum atomic E-state index is -0.544. The van der Waals surface area contributed by atoms with Crippen LogP contribution in [0.3, 0.4) is 0 Å². The largest absolute Gasteiger partial charge is 0.310 e. The molecule has 57 heavy (non-hydrogen) atoms. The molecule has 0 aliphatic heterocycles. The van der Waals surface area contributed by atoms with E-state index in [1.807, 2.05) is 6.08 Å². The molecule has 1 aliphatic carbocycles. The Bertz CT molecular complexity index is 2670. The van der Waals surface area contributed by atoms with Gasteiger partial charge in [0.2, 0.25) is 0 Å². The molecular formula is C56H43N. The molecule has 1 aliphatic rings. The van der Waals surface area contributed by atoms with E-state index in [1.165, 1.54) is 55.7 Å². The Balaban J connectivity index is 1.37. The van der Waals surface area contributed by atoms with Crippen LogP contribution in [0.2, 0.25) is 0 Å². The van der Waals surface area contributed by atoms with Crippen LogP contribution in [-0.2, 0) is 5.41 Å². The van der Waals surface area contributed by atoms with Gasteiger partial charge in [0.15, 0.2) is 0 Å². The van der Waals surface area contributed by atoms with Crippen molar-refractivity contribution in [3.05, 3.63) is 265 Å². The molecule has 8 aromatic rings. The summed E-state index contributed by atoms with van der Waals surface area (Å²) >= 11 is 0. The summed E-state index contributed by atoms with van der Waals surface area (Å²) in [6.07, 6.45) is 6.19. The lowest BCUT2D eigenvalue weighted by Gasteiger charge is -2.36. The molecule has 0 radical (unpaired) electrons. The molecular weight excluding hydrogens is 687 g/mol. The number of allylic oxidation sites excluding steroid dienone is 5. The maximum Gasteiger partial charge on any atom is 0.0674 e. The number of fused-ring (bicyclic) bond motifs is 1. The summed E-state index contributed by atoms with van der Waals surface area (Å²) in [6, 6.07) is 77.0. The van der Waals surface area contributed by atoms with Crippen LogP contribution >= 0.6 is 0 Å². The predicted octanol–water partition coefficient (Wildman–Crippen LogP) is 15.0. The van der Waals surface area contributed by atoms with Gasteiger partial charge in [0.1, 0.15) is 0 Å². The van der Waals surface area contributed by atoms with Gasteiger partial charge < -0.3 is 4.90 Å². The Morgan fingerprint density at radius 1 is 0.439 bits per heavy atom. The van der Waals surface area contributed by atoms with E-state index in [4.69, 9.17) is 0 Å². The molecule has 0 atom stereocenters. The zero-order valence-corrected chi connectivity index (χ0v) is 32.1. The average molecular weight is 730 g/mol. The number of nitrogens with zero attached hydrogens (tertiary/aromatic N) is 1. The van der Waals surface area contributed by atoms with Crippen LogP contribution in [0.25, 0.3) is 39.0 Å². The monoisotopic (exact) mass is 729 g/mol. The second-order valence-electron chi connectivity index (χ2n) is 14.6. The van der Waals surface area contributed by atoms with Crippen LogP contribution in [0.4, 0.5) is 17.1 Å². The average Bonchev–Trinajstić information content (AvgIpc) is 3.53. The smallest absolute Gasteiger partial charge is 0.0674 e. The van der Waals surface area contributed by atoms with Gasteiger partial charge in [0, 0.05) is 16.9 Å². The second-order valence-corrected chi connectivity index (χ2v) is 14.6. The summed E-state index contributed by atoms with van der Waals surface area (Å²) in [5, 5.41) is 0. The van der Waals surface area contributed by atoms with Crippen LogP contribution in [0, 0.1) is 0 Å².